The summed E-state index contributed by atoms with van der Waals surface area (Å²) in [7, 11) is 4.08. The summed E-state index contributed by atoms with van der Waals surface area (Å²) in [6.07, 6.45) is 2.48. The van der Waals surface area contributed by atoms with Crippen molar-refractivity contribution in [2.45, 2.75) is 44.7 Å². The number of likely N-dealkylation sites (N-methyl/N-ethyl adjacent to an activating group) is 1. The Labute approximate surface area is 120 Å². The Morgan fingerprint density at radius 3 is 2.37 bits per heavy atom. The molecule has 1 unspecified atom stereocenters. The monoisotopic (exact) mass is 286 g/mol. The van der Waals surface area contributed by atoms with Gasteiger partial charge < -0.3 is 10.6 Å². The van der Waals surface area contributed by atoms with E-state index in [1.165, 1.54) is 6.07 Å². The molecule has 0 heterocycles. The van der Waals surface area contributed by atoms with Gasteiger partial charge in [-0.25, -0.2) is 4.39 Å². The lowest BCUT2D eigenvalue weighted by atomic mass is 9.81. The minimum absolute atomic E-state index is 0.0863. The summed E-state index contributed by atoms with van der Waals surface area (Å²) in [4.78, 5) is 2.17. The van der Waals surface area contributed by atoms with Gasteiger partial charge in [-0.15, -0.1) is 0 Å². The SMILES string of the molecule is CCC(CC)(C(N)Cc1cccc(F)c1Cl)N(C)C. The zero-order valence-corrected chi connectivity index (χ0v) is 13.0. The molecule has 0 spiro atoms. The summed E-state index contributed by atoms with van der Waals surface area (Å²) >= 11 is 6.01. The Balaban J connectivity index is 3.00. The van der Waals surface area contributed by atoms with Crippen LogP contribution in [0.2, 0.25) is 5.02 Å². The van der Waals surface area contributed by atoms with Gasteiger partial charge in [0, 0.05) is 11.6 Å². The number of rotatable bonds is 6. The molecule has 1 aromatic rings. The minimum Gasteiger partial charge on any atom is -0.326 e. The van der Waals surface area contributed by atoms with Crippen LogP contribution in [-0.2, 0) is 6.42 Å². The second kappa shape index (κ2) is 6.69. The molecule has 0 aliphatic rings. The molecule has 0 fully saturated rings. The van der Waals surface area contributed by atoms with E-state index in [1.54, 1.807) is 6.07 Å². The van der Waals surface area contributed by atoms with Gasteiger partial charge in [0.1, 0.15) is 5.82 Å². The average molecular weight is 287 g/mol. The predicted molar refractivity (Wildman–Crippen MR) is 80.1 cm³/mol. The smallest absolute Gasteiger partial charge is 0.142 e. The van der Waals surface area contributed by atoms with Gasteiger partial charge in [-0.05, 0) is 45.0 Å². The Morgan fingerprint density at radius 1 is 1.32 bits per heavy atom. The predicted octanol–water partition coefficient (Wildman–Crippen LogP) is 3.47. The highest BCUT2D eigenvalue weighted by Crippen LogP contribution is 2.29. The van der Waals surface area contributed by atoms with Crippen LogP contribution in [0.3, 0.4) is 0 Å². The molecule has 1 rings (SSSR count). The molecule has 2 N–H and O–H groups in total. The van der Waals surface area contributed by atoms with Gasteiger partial charge in [-0.3, -0.25) is 0 Å². The van der Waals surface area contributed by atoms with Gasteiger partial charge in [0.25, 0.3) is 0 Å². The maximum Gasteiger partial charge on any atom is 0.142 e. The lowest BCUT2D eigenvalue weighted by Gasteiger charge is -2.43. The van der Waals surface area contributed by atoms with Crippen molar-refractivity contribution in [2.75, 3.05) is 14.1 Å². The van der Waals surface area contributed by atoms with E-state index in [4.69, 9.17) is 17.3 Å². The molecule has 1 aromatic carbocycles. The second-order valence-corrected chi connectivity index (χ2v) is 5.61. The van der Waals surface area contributed by atoms with Crippen LogP contribution in [0.5, 0.6) is 0 Å². The van der Waals surface area contributed by atoms with Crippen molar-refractivity contribution in [1.29, 1.82) is 0 Å². The number of hydrogen-bond donors (Lipinski definition) is 1. The average Bonchev–Trinajstić information content (AvgIpc) is 2.36. The Hall–Kier alpha value is -0.640. The van der Waals surface area contributed by atoms with Crippen molar-refractivity contribution in [3.05, 3.63) is 34.6 Å². The summed E-state index contributed by atoms with van der Waals surface area (Å²) in [5.74, 6) is -0.380. The lowest BCUT2D eigenvalue weighted by Crippen LogP contribution is -2.57. The topological polar surface area (TPSA) is 29.3 Å². The van der Waals surface area contributed by atoms with E-state index in [-0.39, 0.29) is 22.4 Å². The zero-order valence-electron chi connectivity index (χ0n) is 12.2. The first kappa shape index (κ1) is 16.4. The van der Waals surface area contributed by atoms with Crippen molar-refractivity contribution >= 4 is 11.6 Å². The first-order valence-electron chi connectivity index (χ1n) is 6.75. The number of nitrogens with two attached hydrogens (primary N) is 1. The minimum atomic E-state index is -0.380. The van der Waals surface area contributed by atoms with E-state index in [9.17, 15) is 4.39 Å². The van der Waals surface area contributed by atoms with Crippen LogP contribution in [0.4, 0.5) is 4.39 Å². The van der Waals surface area contributed by atoms with E-state index in [1.807, 2.05) is 20.2 Å². The quantitative estimate of drug-likeness (QED) is 0.868. The standard InChI is InChI=1S/C15H24ClFN2/c1-5-15(6-2,19(3)4)13(18)10-11-8-7-9-12(17)14(11)16/h7-9,13H,5-6,10,18H2,1-4H3. The number of nitrogens with zero attached hydrogens (tertiary/aromatic N) is 1. The molecule has 2 nitrogen and oxygen atoms in total. The molecule has 0 amide bonds. The summed E-state index contributed by atoms with van der Waals surface area (Å²) in [6, 6.07) is 4.81. The summed E-state index contributed by atoms with van der Waals surface area (Å²) in [5, 5.41) is 0.192. The maximum absolute atomic E-state index is 13.5. The van der Waals surface area contributed by atoms with Gasteiger partial charge in [0.15, 0.2) is 0 Å². The van der Waals surface area contributed by atoms with Crippen LogP contribution < -0.4 is 5.73 Å². The van der Waals surface area contributed by atoms with E-state index in [2.05, 4.69) is 18.7 Å². The van der Waals surface area contributed by atoms with Crippen LogP contribution in [-0.4, -0.2) is 30.6 Å². The zero-order chi connectivity index (χ0) is 14.6. The van der Waals surface area contributed by atoms with Crippen molar-refractivity contribution in [3.8, 4) is 0 Å². The van der Waals surface area contributed by atoms with Crippen LogP contribution in [0, 0.1) is 5.82 Å². The Bertz CT molecular complexity index is 417. The fourth-order valence-corrected chi connectivity index (χ4v) is 3.07. The first-order chi connectivity index (χ1) is 8.89. The van der Waals surface area contributed by atoms with Crippen molar-refractivity contribution in [3.63, 3.8) is 0 Å². The molecule has 0 bridgehead atoms. The molecule has 0 radical (unpaired) electrons. The third kappa shape index (κ3) is 3.28. The molecule has 0 saturated carbocycles. The molecule has 0 aliphatic heterocycles. The van der Waals surface area contributed by atoms with E-state index in [0.29, 0.717) is 6.42 Å². The fourth-order valence-electron chi connectivity index (χ4n) is 2.87. The largest absolute Gasteiger partial charge is 0.326 e. The maximum atomic E-state index is 13.5. The lowest BCUT2D eigenvalue weighted by molar-refractivity contribution is 0.105. The third-order valence-electron chi connectivity index (χ3n) is 4.28. The fraction of sp³-hybridized carbons (Fsp3) is 0.600. The molecular weight excluding hydrogens is 263 g/mol. The summed E-state index contributed by atoms with van der Waals surface area (Å²) in [6.45, 7) is 4.27. The molecule has 1 atom stereocenters. The number of halogens is 2. The van der Waals surface area contributed by atoms with Crippen LogP contribution in [0.1, 0.15) is 32.3 Å². The molecule has 0 aromatic heterocycles. The molecule has 19 heavy (non-hydrogen) atoms. The van der Waals surface area contributed by atoms with E-state index < -0.39 is 0 Å². The summed E-state index contributed by atoms with van der Waals surface area (Å²) in [5.41, 5.74) is 7.10. The van der Waals surface area contributed by atoms with Crippen molar-refractivity contribution in [2.24, 2.45) is 5.73 Å². The van der Waals surface area contributed by atoms with E-state index in [0.717, 1.165) is 18.4 Å². The second-order valence-electron chi connectivity index (χ2n) is 5.23. The van der Waals surface area contributed by atoms with Crippen LogP contribution in [0.25, 0.3) is 0 Å². The third-order valence-corrected chi connectivity index (χ3v) is 4.70. The van der Waals surface area contributed by atoms with Gasteiger partial charge in [-0.2, -0.15) is 0 Å². The normalized spacial score (nSPS) is 13.9. The Kier molecular flexibility index (Phi) is 5.78. The number of benzene rings is 1. The van der Waals surface area contributed by atoms with Crippen LogP contribution in [0.15, 0.2) is 18.2 Å². The first-order valence-corrected chi connectivity index (χ1v) is 7.12. The number of hydrogen-bond acceptors (Lipinski definition) is 2. The molecular formula is C15H24ClFN2. The Morgan fingerprint density at radius 2 is 1.89 bits per heavy atom. The van der Waals surface area contributed by atoms with E-state index >= 15 is 0 Å². The summed E-state index contributed by atoms with van der Waals surface area (Å²) < 4.78 is 13.5. The highest BCUT2D eigenvalue weighted by Gasteiger charge is 2.35. The van der Waals surface area contributed by atoms with Gasteiger partial charge >= 0.3 is 0 Å². The molecule has 108 valence electrons. The highest BCUT2D eigenvalue weighted by atomic mass is 35.5. The van der Waals surface area contributed by atoms with Gasteiger partial charge in [-0.1, -0.05) is 37.6 Å². The van der Waals surface area contributed by atoms with Crippen molar-refractivity contribution < 1.29 is 4.39 Å². The van der Waals surface area contributed by atoms with Gasteiger partial charge in [0.05, 0.1) is 5.02 Å². The molecule has 0 saturated heterocycles. The molecule has 4 heteroatoms. The highest BCUT2D eigenvalue weighted by molar-refractivity contribution is 6.31. The molecule has 0 aliphatic carbocycles. The van der Waals surface area contributed by atoms with Gasteiger partial charge in [0.2, 0.25) is 0 Å². The van der Waals surface area contributed by atoms with Crippen LogP contribution >= 0.6 is 11.6 Å². The van der Waals surface area contributed by atoms with Crippen molar-refractivity contribution in [1.82, 2.24) is 4.90 Å².